The van der Waals surface area contributed by atoms with Crippen LogP contribution < -0.4 is 11.3 Å². The molecule has 0 spiro atoms. The van der Waals surface area contributed by atoms with Gasteiger partial charge in [-0.3, -0.25) is 0 Å². The Morgan fingerprint density at radius 3 is 2.43 bits per heavy atom. The molecule has 0 aliphatic heterocycles. The number of rotatable bonds is 3. The van der Waals surface area contributed by atoms with Crippen molar-refractivity contribution in [1.29, 1.82) is 0 Å². The van der Waals surface area contributed by atoms with Crippen LogP contribution in [0.25, 0.3) is 11.0 Å². The SMILES string of the molecule is Cc1ccc(S(=O)(=O)n2c(C)cc3c(NN)nc(Cl)nc32)cc1. The Labute approximate surface area is 138 Å². The summed E-state index contributed by atoms with van der Waals surface area (Å²) in [6.45, 7) is 3.56. The number of anilines is 1. The van der Waals surface area contributed by atoms with Gasteiger partial charge in [0.2, 0.25) is 5.28 Å². The van der Waals surface area contributed by atoms with Gasteiger partial charge in [0.15, 0.2) is 11.5 Å². The van der Waals surface area contributed by atoms with E-state index in [1.165, 1.54) is 0 Å². The molecule has 0 saturated carbocycles. The molecule has 0 amide bonds. The van der Waals surface area contributed by atoms with Crippen LogP contribution in [0, 0.1) is 13.8 Å². The van der Waals surface area contributed by atoms with Gasteiger partial charge in [0.05, 0.1) is 10.3 Å². The Kier molecular flexibility index (Phi) is 3.75. The molecule has 0 atom stereocenters. The number of aromatic nitrogens is 3. The van der Waals surface area contributed by atoms with Gasteiger partial charge in [0.25, 0.3) is 10.0 Å². The van der Waals surface area contributed by atoms with Crippen LogP contribution in [-0.2, 0) is 10.0 Å². The number of fused-ring (bicyclic) bond motifs is 1. The van der Waals surface area contributed by atoms with Crippen LogP contribution in [0.2, 0.25) is 5.28 Å². The van der Waals surface area contributed by atoms with Crippen molar-refractivity contribution in [1.82, 2.24) is 13.9 Å². The van der Waals surface area contributed by atoms with E-state index in [0.717, 1.165) is 9.54 Å². The Morgan fingerprint density at radius 2 is 1.83 bits per heavy atom. The molecule has 0 unspecified atom stereocenters. The minimum absolute atomic E-state index is 0.0936. The van der Waals surface area contributed by atoms with E-state index in [4.69, 9.17) is 17.4 Å². The van der Waals surface area contributed by atoms with E-state index in [2.05, 4.69) is 15.4 Å². The van der Waals surface area contributed by atoms with Gasteiger partial charge < -0.3 is 5.43 Å². The first kappa shape index (κ1) is 15.7. The number of hydrazine groups is 1. The maximum absolute atomic E-state index is 13.0. The first-order valence-corrected chi connectivity index (χ1v) is 8.51. The van der Waals surface area contributed by atoms with Crippen molar-refractivity contribution in [3.63, 3.8) is 0 Å². The third kappa shape index (κ3) is 2.54. The summed E-state index contributed by atoms with van der Waals surface area (Å²) in [6.07, 6.45) is 0. The molecule has 2 aromatic heterocycles. The van der Waals surface area contributed by atoms with Crippen LogP contribution >= 0.6 is 11.6 Å². The molecule has 0 aliphatic rings. The van der Waals surface area contributed by atoms with Gasteiger partial charge in [-0.2, -0.15) is 9.97 Å². The van der Waals surface area contributed by atoms with E-state index in [1.54, 1.807) is 37.3 Å². The zero-order valence-electron chi connectivity index (χ0n) is 12.4. The first-order valence-electron chi connectivity index (χ1n) is 6.69. The number of nitrogens with two attached hydrogens (primary N) is 1. The molecular weight excluding hydrogens is 338 g/mol. The maximum atomic E-state index is 13.0. The average Bonchev–Trinajstić information content (AvgIpc) is 2.83. The minimum atomic E-state index is -3.81. The molecule has 0 bridgehead atoms. The van der Waals surface area contributed by atoms with E-state index in [-0.39, 0.29) is 21.6 Å². The van der Waals surface area contributed by atoms with Crippen LogP contribution in [-0.4, -0.2) is 22.4 Å². The molecule has 120 valence electrons. The Hall–Kier alpha value is -2.16. The van der Waals surface area contributed by atoms with Crippen molar-refractivity contribution in [2.75, 3.05) is 5.43 Å². The molecule has 3 aromatic rings. The summed E-state index contributed by atoms with van der Waals surface area (Å²) < 4.78 is 27.1. The second-order valence-corrected chi connectivity index (χ2v) is 7.22. The molecule has 7 nitrogen and oxygen atoms in total. The third-order valence-electron chi connectivity index (χ3n) is 3.46. The lowest BCUT2D eigenvalue weighted by Crippen LogP contribution is -2.15. The highest BCUT2D eigenvalue weighted by atomic mass is 35.5. The van der Waals surface area contributed by atoms with Crippen LogP contribution in [0.15, 0.2) is 35.2 Å². The second kappa shape index (κ2) is 5.48. The summed E-state index contributed by atoms with van der Waals surface area (Å²) in [5.74, 6) is 5.69. The molecule has 0 saturated heterocycles. The van der Waals surface area contributed by atoms with Crippen molar-refractivity contribution in [2.45, 2.75) is 18.7 Å². The number of nitrogen functional groups attached to an aromatic ring is 1. The van der Waals surface area contributed by atoms with Gasteiger partial charge in [-0.15, -0.1) is 0 Å². The number of benzene rings is 1. The normalized spacial score (nSPS) is 11.8. The topological polar surface area (TPSA) is 103 Å². The summed E-state index contributed by atoms with van der Waals surface area (Å²) in [5.41, 5.74) is 4.03. The van der Waals surface area contributed by atoms with Gasteiger partial charge in [-0.1, -0.05) is 17.7 Å². The van der Waals surface area contributed by atoms with Crippen molar-refractivity contribution in [3.8, 4) is 0 Å². The first-order chi connectivity index (χ1) is 10.8. The van der Waals surface area contributed by atoms with Gasteiger partial charge in [-0.05, 0) is 43.6 Å². The van der Waals surface area contributed by atoms with Crippen molar-refractivity contribution in [2.24, 2.45) is 5.84 Å². The molecule has 0 radical (unpaired) electrons. The number of nitrogens with zero attached hydrogens (tertiary/aromatic N) is 3. The summed E-state index contributed by atoms with van der Waals surface area (Å²) in [4.78, 5) is 8.17. The van der Waals surface area contributed by atoms with Crippen molar-refractivity contribution in [3.05, 3.63) is 46.9 Å². The summed E-state index contributed by atoms with van der Waals surface area (Å²) in [5, 5.41) is 0.383. The van der Waals surface area contributed by atoms with Crippen molar-refractivity contribution >= 4 is 38.5 Å². The molecular formula is C14H14ClN5O2S. The fourth-order valence-corrected chi connectivity index (χ4v) is 4.04. The van der Waals surface area contributed by atoms with Crippen LogP contribution in [0.5, 0.6) is 0 Å². The largest absolute Gasteiger partial charge is 0.308 e. The molecule has 2 heterocycles. The number of hydrogen-bond acceptors (Lipinski definition) is 6. The lowest BCUT2D eigenvalue weighted by molar-refractivity contribution is 0.587. The number of halogens is 1. The number of nitrogens with one attached hydrogen (secondary N) is 1. The molecule has 9 heteroatoms. The number of aryl methyl sites for hydroxylation is 2. The number of hydrogen-bond donors (Lipinski definition) is 2. The van der Waals surface area contributed by atoms with Crippen LogP contribution in [0.4, 0.5) is 5.82 Å². The monoisotopic (exact) mass is 351 g/mol. The maximum Gasteiger partial charge on any atom is 0.269 e. The fourth-order valence-electron chi connectivity index (χ4n) is 2.38. The highest BCUT2D eigenvalue weighted by Crippen LogP contribution is 2.28. The van der Waals surface area contributed by atoms with Gasteiger partial charge in [0.1, 0.15) is 0 Å². The molecule has 1 aromatic carbocycles. The zero-order chi connectivity index (χ0) is 16.8. The smallest absolute Gasteiger partial charge is 0.269 e. The van der Waals surface area contributed by atoms with E-state index >= 15 is 0 Å². The van der Waals surface area contributed by atoms with E-state index in [9.17, 15) is 8.42 Å². The zero-order valence-corrected chi connectivity index (χ0v) is 14.0. The van der Waals surface area contributed by atoms with Gasteiger partial charge in [0, 0.05) is 5.69 Å². The molecule has 23 heavy (non-hydrogen) atoms. The van der Waals surface area contributed by atoms with Gasteiger partial charge in [-0.25, -0.2) is 18.2 Å². The summed E-state index contributed by atoms with van der Waals surface area (Å²) in [7, 11) is -3.81. The summed E-state index contributed by atoms with van der Waals surface area (Å²) >= 11 is 5.87. The Balaban J connectivity index is 2.33. The fraction of sp³-hybridized carbons (Fsp3) is 0.143. The van der Waals surface area contributed by atoms with E-state index in [1.807, 2.05) is 6.92 Å². The minimum Gasteiger partial charge on any atom is -0.308 e. The van der Waals surface area contributed by atoms with Crippen LogP contribution in [0.1, 0.15) is 11.3 Å². The summed E-state index contributed by atoms with van der Waals surface area (Å²) in [6, 6.07) is 8.24. The predicted molar refractivity (Wildman–Crippen MR) is 88.8 cm³/mol. The Bertz CT molecular complexity index is 996. The standard InChI is InChI=1S/C14H14ClN5O2S/c1-8-3-5-10(6-4-8)23(21,22)20-9(2)7-11-12(19-16)17-14(15)18-13(11)20/h3-7H,16H2,1-2H3,(H,17,18,19). The van der Waals surface area contributed by atoms with Crippen molar-refractivity contribution < 1.29 is 8.42 Å². The second-order valence-electron chi connectivity index (χ2n) is 5.09. The van der Waals surface area contributed by atoms with E-state index < -0.39 is 10.0 Å². The van der Waals surface area contributed by atoms with E-state index in [0.29, 0.717) is 11.1 Å². The lowest BCUT2D eigenvalue weighted by Gasteiger charge is -2.10. The molecule has 0 aliphatic carbocycles. The Morgan fingerprint density at radius 1 is 1.17 bits per heavy atom. The highest BCUT2D eigenvalue weighted by molar-refractivity contribution is 7.90. The molecule has 3 N–H and O–H groups in total. The average molecular weight is 352 g/mol. The third-order valence-corrected chi connectivity index (χ3v) is 5.44. The molecule has 0 fully saturated rings. The van der Waals surface area contributed by atoms with Crippen LogP contribution in [0.3, 0.4) is 0 Å². The molecule has 3 rings (SSSR count). The predicted octanol–water partition coefficient (Wildman–Crippen LogP) is 2.22. The lowest BCUT2D eigenvalue weighted by atomic mass is 10.2. The highest BCUT2D eigenvalue weighted by Gasteiger charge is 2.24. The van der Waals surface area contributed by atoms with Gasteiger partial charge >= 0.3 is 0 Å². The quantitative estimate of drug-likeness (QED) is 0.426.